The Labute approximate surface area is 94.3 Å². The largest absolute Gasteiger partial charge is 0.389 e. The molecule has 4 heteroatoms. The fraction of sp³-hybridized carbons (Fsp3) is 0.727. The highest BCUT2D eigenvalue weighted by molar-refractivity contribution is 7.09. The monoisotopic (exact) mass is 226 g/mol. The van der Waals surface area contributed by atoms with Crippen LogP contribution in [0.3, 0.4) is 0 Å². The third-order valence-electron chi connectivity index (χ3n) is 3.11. The van der Waals surface area contributed by atoms with Crippen LogP contribution in [0.4, 0.5) is 0 Å². The van der Waals surface area contributed by atoms with E-state index in [1.165, 1.54) is 0 Å². The molecule has 0 aliphatic heterocycles. The number of hydrogen-bond donors (Lipinski definition) is 2. The van der Waals surface area contributed by atoms with Gasteiger partial charge in [0.15, 0.2) is 0 Å². The highest BCUT2D eigenvalue weighted by Crippen LogP contribution is 2.31. The van der Waals surface area contributed by atoms with Crippen LogP contribution in [0.15, 0.2) is 5.38 Å². The summed E-state index contributed by atoms with van der Waals surface area (Å²) in [5.74, 6) is 0. The molecule has 3 nitrogen and oxygen atoms in total. The first-order chi connectivity index (χ1) is 7.07. The number of aromatic nitrogens is 1. The van der Waals surface area contributed by atoms with Gasteiger partial charge in [-0.15, -0.1) is 11.3 Å². The lowest BCUT2D eigenvalue weighted by Gasteiger charge is -2.34. The summed E-state index contributed by atoms with van der Waals surface area (Å²) in [5.41, 5.74) is 6.32. The lowest BCUT2D eigenvalue weighted by molar-refractivity contribution is 0.000169. The minimum absolute atomic E-state index is 0.281. The average Bonchev–Trinajstić information content (AvgIpc) is 2.57. The first-order valence-corrected chi connectivity index (χ1v) is 6.34. The van der Waals surface area contributed by atoms with Gasteiger partial charge in [-0.3, -0.25) is 0 Å². The fourth-order valence-electron chi connectivity index (χ4n) is 2.12. The van der Waals surface area contributed by atoms with Crippen molar-refractivity contribution in [1.29, 1.82) is 0 Å². The zero-order valence-electron chi connectivity index (χ0n) is 9.07. The molecule has 0 spiro atoms. The Kier molecular flexibility index (Phi) is 3.09. The third-order valence-corrected chi connectivity index (χ3v) is 4.07. The van der Waals surface area contributed by atoms with Crippen LogP contribution < -0.4 is 5.73 Å². The summed E-state index contributed by atoms with van der Waals surface area (Å²) in [7, 11) is 0. The Morgan fingerprint density at radius 2 is 2.27 bits per heavy atom. The van der Waals surface area contributed by atoms with Gasteiger partial charge in [-0.05, 0) is 32.6 Å². The van der Waals surface area contributed by atoms with Crippen LogP contribution in [0.1, 0.15) is 36.4 Å². The molecule has 1 aliphatic rings. The molecule has 15 heavy (non-hydrogen) atoms. The Morgan fingerprint density at radius 1 is 1.60 bits per heavy atom. The van der Waals surface area contributed by atoms with Crippen molar-refractivity contribution in [2.45, 2.75) is 50.7 Å². The van der Waals surface area contributed by atoms with Crippen LogP contribution in [0, 0.1) is 6.92 Å². The molecule has 1 aliphatic carbocycles. The third kappa shape index (κ3) is 2.77. The number of aliphatic hydroxyl groups is 1. The number of nitrogens with zero attached hydrogens (tertiary/aromatic N) is 1. The van der Waals surface area contributed by atoms with Crippen molar-refractivity contribution in [3.8, 4) is 0 Å². The average molecular weight is 226 g/mol. The molecule has 0 aromatic carbocycles. The molecule has 1 heterocycles. The van der Waals surface area contributed by atoms with E-state index in [0.29, 0.717) is 6.42 Å². The molecule has 0 unspecified atom stereocenters. The Hall–Kier alpha value is -0.450. The lowest BCUT2D eigenvalue weighted by Crippen LogP contribution is -2.40. The Balaban J connectivity index is 1.99. The van der Waals surface area contributed by atoms with Gasteiger partial charge in [-0.25, -0.2) is 4.98 Å². The SMILES string of the molecule is Cc1csc(CC2(O)CCC(N)CC2)n1. The summed E-state index contributed by atoms with van der Waals surface area (Å²) in [4.78, 5) is 4.40. The first kappa shape index (κ1) is 11.0. The molecule has 84 valence electrons. The summed E-state index contributed by atoms with van der Waals surface area (Å²) < 4.78 is 0. The van der Waals surface area contributed by atoms with Crippen LogP contribution >= 0.6 is 11.3 Å². The number of rotatable bonds is 2. The van der Waals surface area contributed by atoms with E-state index in [0.717, 1.165) is 36.4 Å². The summed E-state index contributed by atoms with van der Waals surface area (Å²) in [6.07, 6.45) is 4.18. The van der Waals surface area contributed by atoms with E-state index < -0.39 is 5.60 Å². The molecule has 0 radical (unpaired) electrons. The second-order valence-electron chi connectivity index (χ2n) is 4.62. The van der Waals surface area contributed by atoms with Gasteiger partial charge in [-0.2, -0.15) is 0 Å². The fourth-order valence-corrected chi connectivity index (χ4v) is 3.03. The molecule has 1 aromatic rings. The van der Waals surface area contributed by atoms with E-state index in [9.17, 15) is 5.11 Å². The number of hydrogen-bond acceptors (Lipinski definition) is 4. The van der Waals surface area contributed by atoms with Gasteiger partial charge in [-0.1, -0.05) is 0 Å². The molecular weight excluding hydrogens is 208 g/mol. The smallest absolute Gasteiger partial charge is 0.0956 e. The van der Waals surface area contributed by atoms with Crippen LogP contribution in [-0.2, 0) is 6.42 Å². The lowest BCUT2D eigenvalue weighted by atomic mass is 9.80. The maximum Gasteiger partial charge on any atom is 0.0956 e. The standard InChI is InChI=1S/C11H18N2OS/c1-8-7-15-10(13-8)6-11(14)4-2-9(12)3-5-11/h7,9,14H,2-6,12H2,1H3. The molecule has 1 fully saturated rings. The van der Waals surface area contributed by atoms with Gasteiger partial charge in [0.2, 0.25) is 0 Å². The predicted octanol–water partition coefficient (Wildman–Crippen LogP) is 1.63. The second kappa shape index (κ2) is 4.20. The predicted molar refractivity (Wildman–Crippen MR) is 61.9 cm³/mol. The van der Waals surface area contributed by atoms with Crippen molar-refractivity contribution in [2.75, 3.05) is 0 Å². The van der Waals surface area contributed by atoms with Crippen LogP contribution in [0.2, 0.25) is 0 Å². The highest BCUT2D eigenvalue weighted by Gasteiger charge is 2.32. The molecule has 3 N–H and O–H groups in total. The van der Waals surface area contributed by atoms with Gasteiger partial charge in [0.05, 0.1) is 10.6 Å². The minimum Gasteiger partial charge on any atom is -0.389 e. The topological polar surface area (TPSA) is 59.1 Å². The van der Waals surface area contributed by atoms with Gasteiger partial charge >= 0.3 is 0 Å². The summed E-state index contributed by atoms with van der Waals surface area (Å²) in [5, 5.41) is 13.4. The van der Waals surface area contributed by atoms with Crippen LogP contribution in [-0.4, -0.2) is 21.7 Å². The normalized spacial score (nSPS) is 31.8. The van der Waals surface area contributed by atoms with Crippen molar-refractivity contribution in [2.24, 2.45) is 5.73 Å². The second-order valence-corrected chi connectivity index (χ2v) is 5.56. The van der Waals surface area contributed by atoms with E-state index in [-0.39, 0.29) is 6.04 Å². The number of nitrogens with two attached hydrogens (primary N) is 1. The summed E-state index contributed by atoms with van der Waals surface area (Å²) in [6, 6.07) is 0.281. The van der Waals surface area contributed by atoms with Gasteiger partial charge < -0.3 is 10.8 Å². The van der Waals surface area contributed by atoms with Crippen molar-refractivity contribution < 1.29 is 5.11 Å². The first-order valence-electron chi connectivity index (χ1n) is 5.46. The molecule has 0 saturated heterocycles. The quantitative estimate of drug-likeness (QED) is 0.805. The van der Waals surface area contributed by atoms with Crippen molar-refractivity contribution in [1.82, 2.24) is 4.98 Å². The zero-order valence-corrected chi connectivity index (χ0v) is 9.89. The van der Waals surface area contributed by atoms with Crippen molar-refractivity contribution in [3.05, 3.63) is 16.1 Å². The van der Waals surface area contributed by atoms with Crippen molar-refractivity contribution >= 4 is 11.3 Å². The van der Waals surface area contributed by atoms with Gasteiger partial charge in [0.25, 0.3) is 0 Å². The maximum atomic E-state index is 10.4. The summed E-state index contributed by atoms with van der Waals surface area (Å²) >= 11 is 1.64. The molecule has 1 saturated carbocycles. The van der Waals surface area contributed by atoms with Crippen LogP contribution in [0.5, 0.6) is 0 Å². The van der Waals surface area contributed by atoms with Crippen LogP contribution in [0.25, 0.3) is 0 Å². The van der Waals surface area contributed by atoms with E-state index >= 15 is 0 Å². The molecule has 0 atom stereocenters. The van der Waals surface area contributed by atoms with Crippen molar-refractivity contribution in [3.63, 3.8) is 0 Å². The van der Waals surface area contributed by atoms with Gasteiger partial charge in [0, 0.05) is 23.5 Å². The Bertz CT molecular complexity index is 329. The molecule has 0 bridgehead atoms. The number of thiazole rings is 1. The maximum absolute atomic E-state index is 10.4. The number of aryl methyl sites for hydroxylation is 1. The highest BCUT2D eigenvalue weighted by atomic mass is 32.1. The van der Waals surface area contributed by atoms with E-state index in [2.05, 4.69) is 4.98 Å². The molecular formula is C11H18N2OS. The Morgan fingerprint density at radius 3 is 2.80 bits per heavy atom. The van der Waals surface area contributed by atoms with E-state index in [1.54, 1.807) is 11.3 Å². The zero-order chi connectivity index (χ0) is 10.9. The summed E-state index contributed by atoms with van der Waals surface area (Å²) in [6.45, 7) is 1.99. The minimum atomic E-state index is -0.555. The molecule has 1 aromatic heterocycles. The van der Waals surface area contributed by atoms with E-state index in [4.69, 9.17) is 5.73 Å². The molecule has 0 amide bonds. The molecule has 2 rings (SSSR count). The van der Waals surface area contributed by atoms with Gasteiger partial charge in [0.1, 0.15) is 0 Å². The van der Waals surface area contributed by atoms with E-state index in [1.807, 2.05) is 12.3 Å².